The molecule has 0 radical (unpaired) electrons. The lowest BCUT2D eigenvalue weighted by Gasteiger charge is -2.07. The van der Waals surface area contributed by atoms with Gasteiger partial charge in [0.05, 0.1) is 12.3 Å². The first-order valence-corrected chi connectivity index (χ1v) is 4.93. The molecule has 1 aliphatic rings. The van der Waals surface area contributed by atoms with Crippen molar-refractivity contribution < 1.29 is 13.2 Å². The van der Waals surface area contributed by atoms with Crippen LogP contribution in [0.2, 0.25) is 0 Å². The van der Waals surface area contributed by atoms with Crippen LogP contribution in [0.25, 0.3) is 0 Å². The van der Waals surface area contributed by atoms with Crippen molar-refractivity contribution in [3.05, 3.63) is 40.9 Å². The van der Waals surface area contributed by atoms with Crippen molar-refractivity contribution in [1.29, 1.82) is 0 Å². The second-order valence-corrected chi connectivity index (χ2v) is 3.74. The molecule has 0 amide bonds. The maximum absolute atomic E-state index is 12.3. The standard InChI is InChI=1S/C11H10F3N3/c1-6-8(15)5-17-10(6)7-2-3-9(16-4-7)11(12,13)14/h2-4H,5,15H2,1H3. The molecule has 0 unspecified atom stereocenters. The van der Waals surface area contributed by atoms with Gasteiger partial charge in [0.25, 0.3) is 0 Å². The van der Waals surface area contributed by atoms with Crippen LogP contribution in [0.5, 0.6) is 0 Å². The van der Waals surface area contributed by atoms with Gasteiger partial charge in [0, 0.05) is 17.5 Å². The van der Waals surface area contributed by atoms with Gasteiger partial charge in [0.1, 0.15) is 5.69 Å². The number of allylic oxidation sites excluding steroid dienone is 1. The van der Waals surface area contributed by atoms with E-state index in [4.69, 9.17) is 5.73 Å². The number of rotatable bonds is 1. The average molecular weight is 241 g/mol. The number of aromatic nitrogens is 1. The summed E-state index contributed by atoms with van der Waals surface area (Å²) >= 11 is 0. The van der Waals surface area contributed by atoms with Crippen molar-refractivity contribution in [1.82, 2.24) is 4.98 Å². The Morgan fingerprint density at radius 2 is 2.00 bits per heavy atom. The van der Waals surface area contributed by atoms with Gasteiger partial charge in [-0.1, -0.05) is 0 Å². The third kappa shape index (κ3) is 2.15. The Morgan fingerprint density at radius 1 is 1.29 bits per heavy atom. The van der Waals surface area contributed by atoms with E-state index in [0.717, 1.165) is 11.6 Å². The average Bonchev–Trinajstić information content (AvgIpc) is 2.59. The van der Waals surface area contributed by atoms with Crippen LogP contribution in [0, 0.1) is 0 Å². The van der Waals surface area contributed by atoms with E-state index in [9.17, 15) is 13.2 Å². The second-order valence-electron chi connectivity index (χ2n) is 3.74. The van der Waals surface area contributed by atoms with Crippen LogP contribution in [0.15, 0.2) is 34.6 Å². The minimum atomic E-state index is -4.42. The summed E-state index contributed by atoms with van der Waals surface area (Å²) in [6, 6.07) is 2.30. The molecule has 0 fully saturated rings. The molecule has 3 nitrogen and oxygen atoms in total. The summed E-state index contributed by atoms with van der Waals surface area (Å²) in [5.74, 6) is 0. The number of nitrogens with two attached hydrogens (primary N) is 1. The second kappa shape index (κ2) is 3.87. The van der Waals surface area contributed by atoms with E-state index < -0.39 is 11.9 Å². The van der Waals surface area contributed by atoms with Gasteiger partial charge in [0.15, 0.2) is 0 Å². The fourth-order valence-electron chi connectivity index (χ4n) is 1.56. The number of pyridine rings is 1. The molecule has 17 heavy (non-hydrogen) atoms. The van der Waals surface area contributed by atoms with E-state index in [1.807, 2.05) is 0 Å². The Balaban J connectivity index is 2.32. The summed E-state index contributed by atoms with van der Waals surface area (Å²) in [5.41, 5.74) is 7.36. The molecule has 1 aliphatic heterocycles. The van der Waals surface area contributed by atoms with Crippen LogP contribution >= 0.6 is 0 Å². The van der Waals surface area contributed by atoms with Crippen molar-refractivity contribution in [2.75, 3.05) is 6.54 Å². The van der Waals surface area contributed by atoms with E-state index in [1.165, 1.54) is 12.3 Å². The molecule has 0 bridgehead atoms. The maximum Gasteiger partial charge on any atom is 0.433 e. The predicted octanol–water partition coefficient (Wildman–Crippen LogP) is 2.14. The van der Waals surface area contributed by atoms with Gasteiger partial charge in [-0.25, -0.2) is 0 Å². The molecule has 2 rings (SSSR count). The minimum Gasteiger partial charge on any atom is -0.400 e. The van der Waals surface area contributed by atoms with E-state index in [-0.39, 0.29) is 0 Å². The van der Waals surface area contributed by atoms with Crippen LogP contribution in [0.4, 0.5) is 13.2 Å². The molecule has 2 N–H and O–H groups in total. The lowest BCUT2D eigenvalue weighted by molar-refractivity contribution is -0.141. The quantitative estimate of drug-likeness (QED) is 0.818. The fourth-order valence-corrected chi connectivity index (χ4v) is 1.56. The number of nitrogens with zero attached hydrogens (tertiary/aromatic N) is 2. The van der Waals surface area contributed by atoms with Crippen LogP contribution in [0.1, 0.15) is 18.2 Å². The maximum atomic E-state index is 12.3. The Morgan fingerprint density at radius 3 is 2.41 bits per heavy atom. The van der Waals surface area contributed by atoms with E-state index in [0.29, 0.717) is 23.5 Å². The third-order valence-electron chi connectivity index (χ3n) is 2.57. The topological polar surface area (TPSA) is 51.3 Å². The van der Waals surface area contributed by atoms with E-state index >= 15 is 0 Å². The van der Waals surface area contributed by atoms with Crippen LogP contribution in [-0.2, 0) is 6.18 Å². The van der Waals surface area contributed by atoms with Gasteiger partial charge in [-0.15, -0.1) is 0 Å². The zero-order chi connectivity index (χ0) is 12.6. The highest BCUT2D eigenvalue weighted by molar-refractivity contribution is 6.13. The van der Waals surface area contributed by atoms with Crippen molar-refractivity contribution in [3.63, 3.8) is 0 Å². The molecule has 6 heteroatoms. The Labute approximate surface area is 95.9 Å². The minimum absolute atomic E-state index is 0.391. The first-order chi connectivity index (χ1) is 7.89. The third-order valence-corrected chi connectivity index (χ3v) is 2.57. The fraction of sp³-hybridized carbons (Fsp3) is 0.273. The molecule has 0 atom stereocenters. The molecule has 1 aromatic rings. The number of halogens is 3. The van der Waals surface area contributed by atoms with Crippen LogP contribution < -0.4 is 5.73 Å². The summed E-state index contributed by atoms with van der Waals surface area (Å²) in [6.07, 6.45) is -3.25. The molecule has 0 saturated carbocycles. The highest BCUT2D eigenvalue weighted by Crippen LogP contribution is 2.27. The predicted molar refractivity (Wildman–Crippen MR) is 57.5 cm³/mol. The molecule has 0 aromatic carbocycles. The smallest absolute Gasteiger partial charge is 0.400 e. The van der Waals surface area contributed by atoms with Gasteiger partial charge in [-0.05, 0) is 24.6 Å². The van der Waals surface area contributed by atoms with E-state index in [2.05, 4.69) is 9.98 Å². The monoisotopic (exact) mass is 241 g/mol. The number of hydrogen-bond acceptors (Lipinski definition) is 3. The highest BCUT2D eigenvalue weighted by Gasteiger charge is 2.32. The SMILES string of the molecule is CC1=C(N)CN=C1c1ccc(C(F)(F)F)nc1. The normalized spacial score (nSPS) is 16.4. The lowest BCUT2D eigenvalue weighted by Crippen LogP contribution is -2.09. The Bertz CT molecular complexity index is 498. The van der Waals surface area contributed by atoms with Gasteiger partial charge in [-0.3, -0.25) is 9.98 Å². The van der Waals surface area contributed by atoms with E-state index in [1.54, 1.807) is 6.92 Å². The highest BCUT2D eigenvalue weighted by atomic mass is 19.4. The van der Waals surface area contributed by atoms with Crippen LogP contribution in [-0.4, -0.2) is 17.2 Å². The zero-order valence-electron chi connectivity index (χ0n) is 9.04. The molecular weight excluding hydrogens is 231 g/mol. The summed E-state index contributed by atoms with van der Waals surface area (Å²) < 4.78 is 36.9. The van der Waals surface area contributed by atoms with Crippen molar-refractivity contribution in [2.24, 2.45) is 10.7 Å². The van der Waals surface area contributed by atoms with Crippen molar-refractivity contribution in [3.8, 4) is 0 Å². The summed E-state index contributed by atoms with van der Waals surface area (Å²) in [6.45, 7) is 2.18. The van der Waals surface area contributed by atoms with Crippen molar-refractivity contribution in [2.45, 2.75) is 13.1 Å². The molecule has 0 aliphatic carbocycles. The Kier molecular flexibility index (Phi) is 2.65. The van der Waals surface area contributed by atoms with Gasteiger partial charge < -0.3 is 5.73 Å². The summed E-state index contributed by atoms with van der Waals surface area (Å²) in [7, 11) is 0. The van der Waals surface area contributed by atoms with Gasteiger partial charge in [0.2, 0.25) is 0 Å². The van der Waals surface area contributed by atoms with Crippen LogP contribution in [0.3, 0.4) is 0 Å². The first kappa shape index (κ1) is 11.6. The lowest BCUT2D eigenvalue weighted by atomic mass is 10.1. The zero-order valence-corrected chi connectivity index (χ0v) is 9.04. The largest absolute Gasteiger partial charge is 0.433 e. The Hall–Kier alpha value is -1.85. The molecule has 90 valence electrons. The molecule has 0 saturated heterocycles. The molecule has 1 aromatic heterocycles. The first-order valence-electron chi connectivity index (χ1n) is 4.93. The van der Waals surface area contributed by atoms with Gasteiger partial charge >= 0.3 is 6.18 Å². The number of alkyl halides is 3. The van der Waals surface area contributed by atoms with Gasteiger partial charge in [-0.2, -0.15) is 13.2 Å². The molecule has 0 spiro atoms. The number of aliphatic imine (C=N–C) groups is 1. The number of hydrogen-bond donors (Lipinski definition) is 1. The molecular formula is C11H10F3N3. The summed E-state index contributed by atoms with van der Waals surface area (Å²) in [5, 5.41) is 0. The summed E-state index contributed by atoms with van der Waals surface area (Å²) in [4.78, 5) is 7.54. The molecule has 2 heterocycles. The van der Waals surface area contributed by atoms with Crippen molar-refractivity contribution >= 4 is 5.71 Å².